The highest BCUT2D eigenvalue weighted by molar-refractivity contribution is 5.94. The normalized spacial score (nSPS) is 9.52. The first-order chi connectivity index (χ1) is 9.99. The fourth-order valence-corrected chi connectivity index (χ4v) is 1.80. The van der Waals surface area contributed by atoms with Crippen LogP contribution in [0.4, 0.5) is 0 Å². The molecule has 0 aliphatic carbocycles. The summed E-state index contributed by atoms with van der Waals surface area (Å²) in [5, 5.41) is 2.53. The van der Waals surface area contributed by atoms with Crippen LogP contribution in [0.1, 0.15) is 27.9 Å². The predicted molar refractivity (Wildman–Crippen MR) is 82.8 cm³/mol. The first kappa shape index (κ1) is 16.7. The standard InChI is InChI=1S/C16H21N3O2/c1-12-11-14(7-6-13(12)5-4-9-17)16(21)19(3)10-8-15(20)18-2/h6-7,11H,8-10,17H2,1-3H3,(H,18,20). The number of nitrogens with one attached hydrogen (secondary N) is 1. The van der Waals surface area contributed by atoms with Crippen LogP contribution < -0.4 is 11.1 Å². The molecule has 21 heavy (non-hydrogen) atoms. The predicted octanol–water partition coefficient (Wildman–Crippen LogP) is 0.513. The number of hydrogen-bond donors (Lipinski definition) is 2. The van der Waals surface area contributed by atoms with Gasteiger partial charge in [0.1, 0.15) is 0 Å². The lowest BCUT2D eigenvalue weighted by Crippen LogP contribution is -2.31. The van der Waals surface area contributed by atoms with Crippen LogP contribution in [-0.2, 0) is 4.79 Å². The number of nitrogens with two attached hydrogens (primary N) is 1. The quantitative estimate of drug-likeness (QED) is 0.792. The molecule has 1 aromatic carbocycles. The van der Waals surface area contributed by atoms with Crippen LogP contribution in [-0.4, -0.2) is 43.9 Å². The van der Waals surface area contributed by atoms with Crippen LogP contribution >= 0.6 is 0 Å². The average molecular weight is 287 g/mol. The smallest absolute Gasteiger partial charge is 0.253 e. The van der Waals surface area contributed by atoms with Crippen molar-refractivity contribution >= 4 is 11.8 Å². The van der Waals surface area contributed by atoms with Crippen molar-refractivity contribution in [1.29, 1.82) is 0 Å². The Kier molecular flexibility index (Phi) is 6.44. The van der Waals surface area contributed by atoms with E-state index in [1.165, 1.54) is 4.90 Å². The maximum absolute atomic E-state index is 12.3. The molecule has 0 fully saturated rings. The topological polar surface area (TPSA) is 75.4 Å². The third-order valence-corrected chi connectivity index (χ3v) is 3.10. The summed E-state index contributed by atoms with van der Waals surface area (Å²) in [5.41, 5.74) is 7.73. The van der Waals surface area contributed by atoms with Crippen molar-refractivity contribution in [3.8, 4) is 11.8 Å². The number of rotatable bonds is 4. The maximum Gasteiger partial charge on any atom is 0.253 e. The Balaban J connectivity index is 2.78. The summed E-state index contributed by atoms with van der Waals surface area (Å²) in [4.78, 5) is 25.0. The molecular weight excluding hydrogens is 266 g/mol. The van der Waals surface area contributed by atoms with E-state index in [1.54, 1.807) is 26.2 Å². The molecule has 0 heterocycles. The van der Waals surface area contributed by atoms with E-state index >= 15 is 0 Å². The number of aryl methyl sites for hydroxylation is 1. The Morgan fingerprint density at radius 1 is 1.38 bits per heavy atom. The minimum atomic E-state index is -0.111. The zero-order valence-electron chi connectivity index (χ0n) is 12.7. The summed E-state index contributed by atoms with van der Waals surface area (Å²) in [5.74, 6) is 5.56. The molecular formula is C16H21N3O2. The first-order valence-corrected chi connectivity index (χ1v) is 6.75. The lowest BCUT2D eigenvalue weighted by atomic mass is 10.0. The summed E-state index contributed by atoms with van der Waals surface area (Å²) in [6.07, 6.45) is 0.289. The molecule has 0 spiro atoms. The largest absolute Gasteiger partial charge is 0.359 e. The van der Waals surface area contributed by atoms with E-state index < -0.39 is 0 Å². The summed E-state index contributed by atoms with van der Waals surface area (Å²) in [7, 11) is 3.26. The second kappa shape index (κ2) is 8.08. The van der Waals surface area contributed by atoms with E-state index in [1.807, 2.05) is 13.0 Å². The van der Waals surface area contributed by atoms with Crippen LogP contribution in [0.15, 0.2) is 18.2 Å². The fourth-order valence-electron chi connectivity index (χ4n) is 1.80. The van der Waals surface area contributed by atoms with E-state index in [9.17, 15) is 9.59 Å². The van der Waals surface area contributed by atoms with Crippen LogP contribution in [0.2, 0.25) is 0 Å². The molecule has 5 heteroatoms. The second-order valence-corrected chi connectivity index (χ2v) is 4.69. The number of carbonyl (C=O) groups is 2. The molecule has 0 aliphatic heterocycles. The van der Waals surface area contributed by atoms with Crippen LogP contribution in [0.25, 0.3) is 0 Å². The number of carbonyl (C=O) groups excluding carboxylic acids is 2. The van der Waals surface area contributed by atoms with Crippen molar-refractivity contribution < 1.29 is 9.59 Å². The minimum absolute atomic E-state index is 0.0850. The Bertz CT molecular complexity index is 585. The lowest BCUT2D eigenvalue weighted by molar-refractivity contribution is -0.120. The monoisotopic (exact) mass is 287 g/mol. The van der Waals surface area contributed by atoms with Crippen LogP contribution in [0.5, 0.6) is 0 Å². The molecule has 0 aromatic heterocycles. The first-order valence-electron chi connectivity index (χ1n) is 6.75. The van der Waals surface area contributed by atoms with Gasteiger partial charge in [0, 0.05) is 38.2 Å². The van der Waals surface area contributed by atoms with Gasteiger partial charge in [-0.2, -0.15) is 0 Å². The summed E-state index contributed by atoms with van der Waals surface area (Å²) in [6, 6.07) is 5.36. The molecule has 0 saturated carbocycles. The van der Waals surface area contributed by atoms with Crippen molar-refractivity contribution in [2.24, 2.45) is 5.73 Å². The zero-order valence-corrected chi connectivity index (χ0v) is 12.7. The van der Waals surface area contributed by atoms with E-state index in [0.717, 1.165) is 11.1 Å². The van der Waals surface area contributed by atoms with Gasteiger partial charge in [-0.05, 0) is 30.7 Å². The van der Waals surface area contributed by atoms with E-state index in [-0.39, 0.29) is 18.2 Å². The number of benzene rings is 1. The SMILES string of the molecule is CNC(=O)CCN(C)C(=O)c1ccc(C#CCN)c(C)c1. The van der Waals surface area contributed by atoms with Gasteiger partial charge in [-0.1, -0.05) is 11.8 Å². The highest BCUT2D eigenvalue weighted by Crippen LogP contribution is 2.12. The minimum Gasteiger partial charge on any atom is -0.359 e. The average Bonchev–Trinajstić information content (AvgIpc) is 2.50. The van der Waals surface area contributed by atoms with Gasteiger partial charge < -0.3 is 16.0 Å². The van der Waals surface area contributed by atoms with Crippen molar-refractivity contribution in [2.45, 2.75) is 13.3 Å². The van der Waals surface area contributed by atoms with Crippen molar-refractivity contribution in [2.75, 3.05) is 27.2 Å². The van der Waals surface area contributed by atoms with Gasteiger partial charge in [0.05, 0.1) is 6.54 Å². The van der Waals surface area contributed by atoms with Crippen molar-refractivity contribution in [3.63, 3.8) is 0 Å². The molecule has 0 aliphatic rings. The molecule has 0 radical (unpaired) electrons. The van der Waals surface area contributed by atoms with Crippen molar-refractivity contribution in [1.82, 2.24) is 10.2 Å². The highest BCUT2D eigenvalue weighted by atomic mass is 16.2. The molecule has 0 bridgehead atoms. The van der Waals surface area contributed by atoms with Crippen LogP contribution in [0.3, 0.4) is 0 Å². The van der Waals surface area contributed by atoms with Gasteiger partial charge in [-0.15, -0.1) is 0 Å². The number of nitrogens with zero attached hydrogens (tertiary/aromatic N) is 1. The Morgan fingerprint density at radius 3 is 2.67 bits per heavy atom. The molecule has 5 nitrogen and oxygen atoms in total. The molecule has 1 rings (SSSR count). The Morgan fingerprint density at radius 2 is 2.10 bits per heavy atom. The van der Waals surface area contributed by atoms with E-state index in [0.29, 0.717) is 18.7 Å². The number of amides is 2. The van der Waals surface area contributed by atoms with Gasteiger partial charge >= 0.3 is 0 Å². The molecule has 3 N–H and O–H groups in total. The van der Waals surface area contributed by atoms with Gasteiger partial charge in [-0.25, -0.2) is 0 Å². The summed E-state index contributed by atoms with van der Waals surface area (Å²) < 4.78 is 0. The van der Waals surface area contributed by atoms with E-state index in [4.69, 9.17) is 5.73 Å². The molecule has 112 valence electrons. The second-order valence-electron chi connectivity index (χ2n) is 4.69. The summed E-state index contributed by atoms with van der Waals surface area (Å²) in [6.45, 7) is 2.59. The molecule has 0 saturated heterocycles. The lowest BCUT2D eigenvalue weighted by Gasteiger charge is -2.17. The third-order valence-electron chi connectivity index (χ3n) is 3.10. The third kappa shape index (κ3) is 4.93. The number of hydrogen-bond acceptors (Lipinski definition) is 3. The van der Waals surface area contributed by atoms with Gasteiger partial charge in [0.15, 0.2) is 0 Å². The summed E-state index contributed by atoms with van der Waals surface area (Å²) >= 11 is 0. The van der Waals surface area contributed by atoms with Gasteiger partial charge in [-0.3, -0.25) is 9.59 Å². The highest BCUT2D eigenvalue weighted by Gasteiger charge is 2.13. The van der Waals surface area contributed by atoms with Crippen LogP contribution in [0, 0.1) is 18.8 Å². The maximum atomic E-state index is 12.3. The molecule has 2 amide bonds. The Labute approximate surface area is 125 Å². The van der Waals surface area contributed by atoms with Gasteiger partial charge in [0.25, 0.3) is 5.91 Å². The van der Waals surface area contributed by atoms with E-state index in [2.05, 4.69) is 17.2 Å². The molecule has 0 atom stereocenters. The Hall–Kier alpha value is -2.32. The molecule has 0 unspecified atom stereocenters. The molecule has 1 aromatic rings. The van der Waals surface area contributed by atoms with Gasteiger partial charge in [0.2, 0.25) is 5.91 Å². The van der Waals surface area contributed by atoms with Crippen molar-refractivity contribution in [3.05, 3.63) is 34.9 Å². The fraction of sp³-hybridized carbons (Fsp3) is 0.375. The zero-order chi connectivity index (χ0) is 15.8.